The molecule has 0 aliphatic carbocycles. The Bertz CT molecular complexity index is 1430. The number of nitrogens with one attached hydrogen (secondary N) is 1. The molecule has 0 aliphatic rings. The van der Waals surface area contributed by atoms with Crippen molar-refractivity contribution in [3.63, 3.8) is 0 Å². The van der Waals surface area contributed by atoms with E-state index in [4.69, 9.17) is 4.74 Å². The molecule has 226 valence electrons. The van der Waals surface area contributed by atoms with Gasteiger partial charge in [-0.05, 0) is 87.7 Å². The summed E-state index contributed by atoms with van der Waals surface area (Å²) in [6.07, 6.45) is 0.997. The highest BCUT2D eigenvalue weighted by molar-refractivity contribution is 7.92. The lowest BCUT2D eigenvalue weighted by molar-refractivity contribution is -0.140. The van der Waals surface area contributed by atoms with E-state index in [9.17, 15) is 22.4 Å². The average molecular weight is 598 g/mol. The lowest BCUT2D eigenvalue weighted by Crippen LogP contribution is -2.53. The van der Waals surface area contributed by atoms with Gasteiger partial charge >= 0.3 is 0 Å². The summed E-state index contributed by atoms with van der Waals surface area (Å²) in [7, 11) is -4.18. The number of hydrogen-bond acceptors (Lipinski definition) is 5. The SMILES string of the molecule is CCOc1ccc(N(CC(=O)N(Cc2ccc(F)cc2)[C@H](CC)C(=O)N[C@@H](C)CC)S(=O)(=O)c2ccc(C)cc2)cc1. The summed E-state index contributed by atoms with van der Waals surface area (Å²) in [5, 5.41) is 2.94. The van der Waals surface area contributed by atoms with E-state index in [-0.39, 0.29) is 29.1 Å². The number of sulfonamides is 1. The molecule has 2 atom stereocenters. The first-order chi connectivity index (χ1) is 20.0. The first-order valence-corrected chi connectivity index (χ1v) is 15.6. The number of ether oxygens (including phenoxy) is 1. The summed E-state index contributed by atoms with van der Waals surface area (Å²) in [5.74, 6) is -0.777. The van der Waals surface area contributed by atoms with Crippen molar-refractivity contribution in [1.29, 1.82) is 0 Å². The quantitative estimate of drug-likeness (QED) is 0.267. The lowest BCUT2D eigenvalue weighted by Gasteiger charge is -2.33. The molecule has 2 amide bonds. The fourth-order valence-electron chi connectivity index (χ4n) is 4.39. The number of anilines is 1. The van der Waals surface area contributed by atoms with Crippen LogP contribution < -0.4 is 14.4 Å². The fraction of sp³-hybridized carbons (Fsp3) is 0.375. The smallest absolute Gasteiger partial charge is 0.264 e. The monoisotopic (exact) mass is 597 g/mol. The Kier molecular flexibility index (Phi) is 11.5. The van der Waals surface area contributed by atoms with E-state index in [1.807, 2.05) is 27.7 Å². The van der Waals surface area contributed by atoms with Crippen molar-refractivity contribution in [2.45, 2.75) is 71.0 Å². The third-order valence-electron chi connectivity index (χ3n) is 6.98. The number of aryl methyl sites for hydroxylation is 1. The molecular formula is C32H40FN3O5S. The molecular weight excluding hydrogens is 557 g/mol. The summed E-state index contributed by atoms with van der Waals surface area (Å²) in [5.41, 5.74) is 1.76. The second-order valence-corrected chi connectivity index (χ2v) is 12.0. The predicted molar refractivity (Wildman–Crippen MR) is 162 cm³/mol. The molecule has 1 N–H and O–H groups in total. The Morgan fingerprint density at radius 2 is 1.52 bits per heavy atom. The molecule has 0 aliphatic heterocycles. The Morgan fingerprint density at radius 3 is 2.07 bits per heavy atom. The van der Waals surface area contributed by atoms with Gasteiger partial charge < -0.3 is 15.0 Å². The van der Waals surface area contributed by atoms with Gasteiger partial charge in [0.05, 0.1) is 17.2 Å². The second kappa shape index (κ2) is 14.8. The Labute approximate surface area is 248 Å². The molecule has 3 aromatic carbocycles. The van der Waals surface area contributed by atoms with E-state index in [1.54, 1.807) is 55.5 Å². The van der Waals surface area contributed by atoms with Gasteiger partial charge in [-0.3, -0.25) is 13.9 Å². The highest BCUT2D eigenvalue weighted by Gasteiger charge is 2.34. The number of nitrogens with zero attached hydrogens (tertiary/aromatic N) is 2. The van der Waals surface area contributed by atoms with Crippen molar-refractivity contribution < 1.29 is 27.1 Å². The van der Waals surface area contributed by atoms with Gasteiger partial charge in [0, 0.05) is 12.6 Å². The highest BCUT2D eigenvalue weighted by Crippen LogP contribution is 2.27. The van der Waals surface area contributed by atoms with E-state index < -0.39 is 34.3 Å². The Balaban J connectivity index is 2.05. The van der Waals surface area contributed by atoms with Crippen LogP contribution in [0.2, 0.25) is 0 Å². The van der Waals surface area contributed by atoms with Gasteiger partial charge in [-0.25, -0.2) is 12.8 Å². The zero-order valence-corrected chi connectivity index (χ0v) is 25.7. The van der Waals surface area contributed by atoms with Gasteiger partial charge in [0.1, 0.15) is 24.2 Å². The highest BCUT2D eigenvalue weighted by atomic mass is 32.2. The molecule has 0 spiro atoms. The minimum absolute atomic E-state index is 0.00670. The molecule has 8 nitrogen and oxygen atoms in total. The first kappa shape index (κ1) is 32.6. The van der Waals surface area contributed by atoms with E-state index in [2.05, 4.69) is 5.32 Å². The molecule has 10 heteroatoms. The van der Waals surface area contributed by atoms with Crippen molar-refractivity contribution in [3.05, 3.63) is 89.7 Å². The zero-order valence-electron chi connectivity index (χ0n) is 24.8. The van der Waals surface area contributed by atoms with Crippen LogP contribution >= 0.6 is 0 Å². The molecule has 0 heterocycles. The lowest BCUT2D eigenvalue weighted by atomic mass is 10.1. The van der Waals surface area contributed by atoms with Gasteiger partial charge in [0.25, 0.3) is 10.0 Å². The molecule has 0 unspecified atom stereocenters. The van der Waals surface area contributed by atoms with E-state index >= 15 is 0 Å². The van der Waals surface area contributed by atoms with Crippen molar-refractivity contribution >= 4 is 27.5 Å². The maximum atomic E-state index is 14.1. The average Bonchev–Trinajstić information content (AvgIpc) is 2.97. The van der Waals surface area contributed by atoms with Gasteiger partial charge in [0.15, 0.2) is 0 Å². The van der Waals surface area contributed by atoms with Gasteiger partial charge in [0.2, 0.25) is 11.8 Å². The summed E-state index contributed by atoms with van der Waals surface area (Å²) in [6, 6.07) is 17.5. The van der Waals surface area contributed by atoms with Crippen molar-refractivity contribution in [2.75, 3.05) is 17.5 Å². The number of amides is 2. The molecule has 0 bridgehead atoms. The maximum absolute atomic E-state index is 14.1. The van der Waals surface area contributed by atoms with E-state index in [0.29, 0.717) is 30.8 Å². The van der Waals surface area contributed by atoms with Crippen molar-refractivity contribution in [3.8, 4) is 5.75 Å². The number of halogens is 1. The number of carbonyl (C=O) groups is 2. The number of hydrogen-bond donors (Lipinski definition) is 1. The molecule has 42 heavy (non-hydrogen) atoms. The third kappa shape index (κ3) is 8.31. The normalized spacial score (nSPS) is 12.7. The van der Waals surface area contributed by atoms with Crippen LogP contribution in [0.1, 0.15) is 51.7 Å². The summed E-state index contributed by atoms with van der Waals surface area (Å²) >= 11 is 0. The topological polar surface area (TPSA) is 96.0 Å². The molecule has 3 aromatic rings. The Morgan fingerprint density at radius 1 is 0.905 bits per heavy atom. The van der Waals surface area contributed by atoms with Crippen LogP contribution in [0.25, 0.3) is 0 Å². The minimum atomic E-state index is -4.18. The van der Waals surface area contributed by atoms with Crippen molar-refractivity contribution in [1.82, 2.24) is 10.2 Å². The molecule has 0 saturated heterocycles. The molecule has 0 fully saturated rings. The van der Waals surface area contributed by atoms with Crippen LogP contribution in [0.3, 0.4) is 0 Å². The van der Waals surface area contributed by atoms with Gasteiger partial charge in [-0.1, -0.05) is 43.7 Å². The second-order valence-electron chi connectivity index (χ2n) is 10.1. The van der Waals surface area contributed by atoms with Crippen LogP contribution in [0.4, 0.5) is 10.1 Å². The minimum Gasteiger partial charge on any atom is -0.494 e. The predicted octanol–water partition coefficient (Wildman–Crippen LogP) is 5.45. The van der Waals surface area contributed by atoms with Crippen molar-refractivity contribution in [2.24, 2.45) is 0 Å². The first-order valence-electron chi connectivity index (χ1n) is 14.2. The number of carbonyl (C=O) groups excluding carboxylic acids is 2. The largest absolute Gasteiger partial charge is 0.494 e. The summed E-state index contributed by atoms with van der Waals surface area (Å²) in [6.45, 7) is 9.19. The summed E-state index contributed by atoms with van der Waals surface area (Å²) < 4.78 is 48.1. The van der Waals surface area contributed by atoms with Gasteiger partial charge in [-0.15, -0.1) is 0 Å². The zero-order chi connectivity index (χ0) is 30.9. The fourth-order valence-corrected chi connectivity index (χ4v) is 5.80. The maximum Gasteiger partial charge on any atom is 0.264 e. The number of rotatable bonds is 14. The van der Waals surface area contributed by atoms with Crippen LogP contribution in [0.5, 0.6) is 5.75 Å². The third-order valence-corrected chi connectivity index (χ3v) is 8.76. The number of benzene rings is 3. The molecule has 0 radical (unpaired) electrons. The van der Waals surface area contributed by atoms with Gasteiger partial charge in [-0.2, -0.15) is 0 Å². The Hall–Kier alpha value is -3.92. The molecule has 0 saturated carbocycles. The van der Waals surface area contributed by atoms with Crippen LogP contribution in [0.15, 0.2) is 77.7 Å². The molecule has 3 rings (SSSR count). The summed E-state index contributed by atoms with van der Waals surface area (Å²) in [4.78, 5) is 28.8. The molecule has 0 aromatic heterocycles. The van der Waals surface area contributed by atoms with E-state index in [0.717, 1.165) is 9.87 Å². The van der Waals surface area contributed by atoms with Crippen LogP contribution in [-0.2, 0) is 26.2 Å². The standard InChI is InChI=1S/C32H40FN3O5S/c1-6-24(5)34-32(38)30(7-2)35(21-25-11-13-26(33)14-12-25)31(37)22-36(27-15-17-28(18-16-27)41-8-3)42(39,40)29-19-9-23(4)10-20-29/h9-20,24,30H,6-8,21-22H2,1-5H3,(H,34,38)/t24-,30+/m0/s1. The van der Waals surface area contributed by atoms with Crippen LogP contribution in [-0.4, -0.2) is 50.4 Å². The van der Waals surface area contributed by atoms with E-state index in [1.165, 1.54) is 29.2 Å². The van der Waals surface area contributed by atoms with Crippen LogP contribution in [0, 0.1) is 12.7 Å².